The molecular weight excluding hydrogens is 548 g/mol. The molecule has 0 bridgehead atoms. The summed E-state index contributed by atoms with van der Waals surface area (Å²) >= 11 is 0. The van der Waals surface area contributed by atoms with Crippen molar-refractivity contribution in [2.24, 2.45) is 0 Å². The molecule has 43 heavy (non-hydrogen) atoms. The summed E-state index contributed by atoms with van der Waals surface area (Å²) in [5.41, 5.74) is 2.14. The Labute approximate surface area is 250 Å². The highest BCUT2D eigenvalue weighted by Crippen LogP contribution is 2.40. The van der Waals surface area contributed by atoms with E-state index in [0.717, 1.165) is 34.9 Å². The number of carbonyl (C=O) groups excluding carboxylic acids is 2. The van der Waals surface area contributed by atoms with Gasteiger partial charge in [-0.15, -0.1) is 0 Å². The van der Waals surface area contributed by atoms with Crippen LogP contribution >= 0.6 is 0 Å². The van der Waals surface area contributed by atoms with Crippen LogP contribution in [-0.4, -0.2) is 68.7 Å². The summed E-state index contributed by atoms with van der Waals surface area (Å²) in [5, 5.41) is 12.0. The van der Waals surface area contributed by atoms with Gasteiger partial charge in [-0.25, -0.2) is 14.6 Å². The number of carbonyl (C=O) groups is 2. The molecule has 0 saturated carbocycles. The number of likely N-dealkylation sites (tertiary alicyclic amines) is 2. The first-order chi connectivity index (χ1) is 20.8. The van der Waals surface area contributed by atoms with Gasteiger partial charge in [0.1, 0.15) is 12.4 Å². The maximum atomic E-state index is 13.5. The van der Waals surface area contributed by atoms with E-state index in [-0.39, 0.29) is 24.7 Å². The summed E-state index contributed by atoms with van der Waals surface area (Å²) in [7, 11) is 0. The smallest absolute Gasteiger partial charge is 0.415 e. The number of aromatic nitrogens is 2. The van der Waals surface area contributed by atoms with Crippen LogP contribution in [0.5, 0.6) is 5.75 Å². The molecule has 10 heteroatoms. The number of amides is 1. The van der Waals surface area contributed by atoms with E-state index in [1.54, 1.807) is 23.6 Å². The topological polar surface area (TPSA) is 114 Å². The number of nitrogens with zero attached hydrogens (tertiary/aromatic N) is 4. The Kier molecular flexibility index (Phi) is 7.01. The third-order valence-electron chi connectivity index (χ3n) is 9.94. The van der Waals surface area contributed by atoms with Crippen LogP contribution in [0.4, 0.5) is 4.79 Å². The number of cyclic esters (lactones) is 1. The molecule has 0 aliphatic carbocycles. The van der Waals surface area contributed by atoms with E-state index in [1.165, 1.54) is 32.4 Å². The number of aliphatic hydroxyl groups is 1. The van der Waals surface area contributed by atoms with E-state index in [1.807, 2.05) is 24.0 Å². The van der Waals surface area contributed by atoms with Gasteiger partial charge in [0.05, 0.1) is 29.0 Å². The number of esters is 1. The number of hydrogen-bond donors (Lipinski definition) is 1. The van der Waals surface area contributed by atoms with Crippen molar-refractivity contribution in [1.82, 2.24) is 19.4 Å². The lowest BCUT2D eigenvalue weighted by molar-refractivity contribution is -0.172. The maximum Gasteiger partial charge on any atom is 0.415 e. The number of hydrogen-bond acceptors (Lipinski definition) is 8. The molecule has 226 valence electrons. The average molecular weight is 587 g/mol. The number of fused-ring (bicyclic) bond motifs is 5. The molecule has 1 amide bonds. The van der Waals surface area contributed by atoms with Crippen LogP contribution in [0.25, 0.3) is 22.3 Å². The van der Waals surface area contributed by atoms with Crippen LogP contribution in [0.1, 0.15) is 74.6 Å². The molecule has 7 rings (SSSR count). The molecule has 2 aromatic heterocycles. The van der Waals surface area contributed by atoms with E-state index in [9.17, 15) is 19.5 Å². The molecule has 2 fully saturated rings. The predicted octanol–water partition coefficient (Wildman–Crippen LogP) is 4.09. The molecule has 6 heterocycles. The van der Waals surface area contributed by atoms with Crippen molar-refractivity contribution in [1.29, 1.82) is 0 Å². The van der Waals surface area contributed by atoms with Crippen molar-refractivity contribution in [2.75, 3.05) is 26.2 Å². The summed E-state index contributed by atoms with van der Waals surface area (Å²) in [5.74, 6) is -0.204. The van der Waals surface area contributed by atoms with E-state index in [4.69, 9.17) is 14.5 Å². The molecular formula is C33H38N4O6. The van der Waals surface area contributed by atoms with Gasteiger partial charge in [0, 0.05) is 41.2 Å². The van der Waals surface area contributed by atoms with E-state index >= 15 is 0 Å². The highest BCUT2D eigenvalue weighted by atomic mass is 16.6. The van der Waals surface area contributed by atoms with Crippen molar-refractivity contribution < 1.29 is 24.2 Å². The fourth-order valence-electron chi connectivity index (χ4n) is 7.41. The molecule has 4 aliphatic rings. The van der Waals surface area contributed by atoms with E-state index in [0.29, 0.717) is 60.4 Å². The Morgan fingerprint density at radius 2 is 1.86 bits per heavy atom. The molecule has 1 atom stereocenters. The Balaban J connectivity index is 1.16. The Morgan fingerprint density at radius 3 is 2.58 bits per heavy atom. The second-order valence-electron chi connectivity index (χ2n) is 12.2. The van der Waals surface area contributed by atoms with Crippen molar-refractivity contribution in [3.05, 3.63) is 56.9 Å². The Morgan fingerprint density at radius 1 is 1.09 bits per heavy atom. The largest absolute Gasteiger partial charge is 0.458 e. The molecule has 2 saturated heterocycles. The van der Waals surface area contributed by atoms with Gasteiger partial charge in [-0.1, -0.05) is 20.3 Å². The van der Waals surface area contributed by atoms with E-state index < -0.39 is 11.6 Å². The van der Waals surface area contributed by atoms with Crippen molar-refractivity contribution in [2.45, 2.75) is 83.6 Å². The summed E-state index contributed by atoms with van der Waals surface area (Å²) < 4.78 is 12.8. The third-order valence-corrected chi connectivity index (χ3v) is 9.94. The van der Waals surface area contributed by atoms with Crippen LogP contribution in [0, 0.1) is 0 Å². The maximum absolute atomic E-state index is 13.5. The number of rotatable bonds is 4. The van der Waals surface area contributed by atoms with Crippen LogP contribution in [-0.2, 0) is 34.7 Å². The summed E-state index contributed by atoms with van der Waals surface area (Å²) in [6.45, 7) is 7.61. The molecule has 1 aromatic carbocycles. The second kappa shape index (κ2) is 10.7. The van der Waals surface area contributed by atoms with Gasteiger partial charge in [0.2, 0.25) is 0 Å². The van der Waals surface area contributed by atoms with Crippen molar-refractivity contribution in [3.63, 3.8) is 0 Å². The zero-order valence-corrected chi connectivity index (χ0v) is 24.9. The fourth-order valence-corrected chi connectivity index (χ4v) is 7.41. The van der Waals surface area contributed by atoms with Crippen LogP contribution in [0.2, 0.25) is 0 Å². The predicted molar refractivity (Wildman–Crippen MR) is 160 cm³/mol. The number of ether oxygens (including phenoxy) is 2. The lowest BCUT2D eigenvalue weighted by atomic mass is 9.86. The summed E-state index contributed by atoms with van der Waals surface area (Å²) in [6, 6.07) is 7.95. The number of aryl methyl sites for hydroxylation is 1. The Hall–Kier alpha value is -3.76. The standard InChI is InChI=1S/C33H38N4O6/c1-3-22-23-16-20-18-37-27(17-25-24(30(37)38)19-42-31(39)33(25,41)4-2)29(20)34-26(23)8-9-28(22)43-32(40)36-14-10-21(11-15-36)35-12-6-5-7-13-35/h8-9,16-17,21,41H,3-7,10-15,18-19H2,1-2H3. The fraction of sp³-hybridized carbons (Fsp3) is 0.515. The highest BCUT2D eigenvalue weighted by molar-refractivity contribution is 5.90. The minimum Gasteiger partial charge on any atom is -0.458 e. The first-order valence-corrected chi connectivity index (χ1v) is 15.7. The molecule has 4 aliphatic heterocycles. The minimum atomic E-state index is -1.86. The van der Waals surface area contributed by atoms with E-state index in [2.05, 4.69) is 4.90 Å². The summed E-state index contributed by atoms with van der Waals surface area (Å²) in [6.07, 6.45) is 6.23. The van der Waals surface area contributed by atoms with Gasteiger partial charge in [-0.05, 0) is 75.9 Å². The van der Waals surface area contributed by atoms with Gasteiger partial charge in [-0.3, -0.25) is 4.79 Å². The first-order valence-electron chi connectivity index (χ1n) is 15.7. The third kappa shape index (κ3) is 4.53. The monoisotopic (exact) mass is 586 g/mol. The normalized spacial score (nSPS) is 22.2. The number of pyridine rings is 2. The van der Waals surface area contributed by atoms with Gasteiger partial charge in [-0.2, -0.15) is 0 Å². The molecule has 1 N–H and O–H groups in total. The lowest BCUT2D eigenvalue weighted by Gasteiger charge is -2.39. The van der Waals surface area contributed by atoms with Gasteiger partial charge in [0.15, 0.2) is 5.60 Å². The van der Waals surface area contributed by atoms with Gasteiger partial charge < -0.3 is 28.9 Å². The molecule has 0 spiro atoms. The van der Waals surface area contributed by atoms with Crippen molar-refractivity contribution in [3.8, 4) is 17.1 Å². The van der Waals surface area contributed by atoms with Gasteiger partial charge >= 0.3 is 12.1 Å². The molecule has 1 unspecified atom stereocenters. The second-order valence-corrected chi connectivity index (χ2v) is 12.2. The van der Waals surface area contributed by atoms with Crippen LogP contribution < -0.4 is 10.3 Å². The molecule has 0 radical (unpaired) electrons. The quantitative estimate of drug-likeness (QED) is 0.356. The zero-order valence-electron chi connectivity index (χ0n) is 24.9. The SMILES string of the molecule is CCc1c(OC(=O)N2CCC(N3CCCCC3)CC2)ccc2nc3c(cc12)Cn1c-3cc2c(c1=O)COC(=O)C2(O)CC. The average Bonchev–Trinajstić information content (AvgIpc) is 3.40. The number of piperidine rings is 2. The minimum absolute atomic E-state index is 0.0948. The highest BCUT2D eigenvalue weighted by Gasteiger charge is 2.45. The van der Waals surface area contributed by atoms with Crippen LogP contribution in [0.3, 0.4) is 0 Å². The van der Waals surface area contributed by atoms with Crippen LogP contribution in [0.15, 0.2) is 29.1 Å². The lowest BCUT2D eigenvalue weighted by Crippen LogP contribution is -2.48. The Bertz CT molecular complexity index is 1690. The van der Waals surface area contributed by atoms with Gasteiger partial charge in [0.25, 0.3) is 5.56 Å². The zero-order chi connectivity index (χ0) is 29.9. The summed E-state index contributed by atoms with van der Waals surface area (Å²) in [4.78, 5) is 48.6. The first kappa shape index (κ1) is 28.0. The van der Waals surface area contributed by atoms with Crippen molar-refractivity contribution >= 4 is 23.0 Å². The molecule has 3 aromatic rings. The molecule has 10 nitrogen and oxygen atoms in total. The number of benzene rings is 1.